The molecule has 0 radical (unpaired) electrons. The predicted octanol–water partition coefficient (Wildman–Crippen LogP) is 13.3. The van der Waals surface area contributed by atoms with Gasteiger partial charge in [0.05, 0.1) is 22.0 Å². The maximum absolute atomic E-state index is 6.64. The van der Waals surface area contributed by atoms with Crippen LogP contribution >= 0.6 is 0 Å². The molecule has 0 saturated carbocycles. The molecular weight excluding hydrogens is 681 g/mol. The lowest BCUT2D eigenvalue weighted by Crippen LogP contribution is -2.43. The summed E-state index contributed by atoms with van der Waals surface area (Å²) in [5, 5.41) is 3.60. The number of nitrogens with zero attached hydrogens (tertiary/aromatic N) is 2. The van der Waals surface area contributed by atoms with Gasteiger partial charge in [-0.25, -0.2) is 4.98 Å². The predicted molar refractivity (Wildman–Crippen MR) is 229 cm³/mol. The molecule has 264 valence electrons. The molecule has 0 saturated heterocycles. The highest BCUT2D eigenvalue weighted by molar-refractivity contribution is 6.14. The van der Waals surface area contributed by atoms with Crippen LogP contribution < -0.4 is 4.74 Å². The van der Waals surface area contributed by atoms with Crippen LogP contribution in [0.2, 0.25) is 0 Å². The van der Waals surface area contributed by atoms with Gasteiger partial charge in [0.25, 0.3) is 0 Å². The van der Waals surface area contributed by atoms with Crippen LogP contribution in [0.25, 0.3) is 60.6 Å². The van der Waals surface area contributed by atoms with Gasteiger partial charge in [0.15, 0.2) is 0 Å². The normalized spacial score (nSPS) is 14.7. The summed E-state index contributed by atoms with van der Waals surface area (Å²) in [5.41, 5.74) is 16.0. The van der Waals surface area contributed by atoms with Gasteiger partial charge in [-0.3, -0.25) is 4.40 Å². The van der Waals surface area contributed by atoms with Crippen molar-refractivity contribution in [2.24, 2.45) is 0 Å². The van der Waals surface area contributed by atoms with Crippen molar-refractivity contribution >= 4 is 38.4 Å². The Bertz CT molecular complexity index is 3210. The van der Waals surface area contributed by atoms with Crippen molar-refractivity contribution < 1.29 is 4.74 Å². The summed E-state index contributed by atoms with van der Waals surface area (Å²) >= 11 is 0. The zero-order valence-corrected chi connectivity index (χ0v) is 31.1. The van der Waals surface area contributed by atoms with Crippen LogP contribution in [0.3, 0.4) is 0 Å². The number of pyridine rings is 1. The van der Waals surface area contributed by atoms with Gasteiger partial charge in [-0.2, -0.15) is 0 Å². The Labute approximate surface area is 325 Å². The van der Waals surface area contributed by atoms with Crippen LogP contribution in [0.5, 0.6) is 11.5 Å². The molecule has 0 atom stereocenters. The molecular formula is C53H36N2O. The van der Waals surface area contributed by atoms with Gasteiger partial charge in [-0.05, 0) is 92.4 Å². The van der Waals surface area contributed by atoms with Gasteiger partial charge < -0.3 is 4.74 Å². The van der Waals surface area contributed by atoms with E-state index in [4.69, 9.17) is 9.72 Å². The Hall–Kier alpha value is -6.97. The summed E-state index contributed by atoms with van der Waals surface area (Å²) in [6, 6.07) is 66.4. The molecule has 0 unspecified atom stereocenters. The van der Waals surface area contributed by atoms with E-state index in [2.05, 4.69) is 200 Å². The summed E-state index contributed by atoms with van der Waals surface area (Å²) < 4.78 is 8.96. The van der Waals surface area contributed by atoms with E-state index in [0.29, 0.717) is 0 Å². The van der Waals surface area contributed by atoms with Gasteiger partial charge in [-0.1, -0.05) is 153 Å². The molecule has 1 aliphatic carbocycles. The first kappa shape index (κ1) is 31.4. The fourth-order valence-corrected chi connectivity index (χ4v) is 10.1. The number of para-hydroxylation sites is 5. The molecule has 0 bridgehead atoms. The van der Waals surface area contributed by atoms with Crippen LogP contribution in [-0.2, 0) is 10.8 Å². The highest BCUT2D eigenvalue weighted by Crippen LogP contribution is 2.61. The van der Waals surface area contributed by atoms with E-state index in [0.717, 1.165) is 33.6 Å². The van der Waals surface area contributed by atoms with Crippen LogP contribution in [0.15, 0.2) is 182 Å². The van der Waals surface area contributed by atoms with Crippen LogP contribution in [-0.4, -0.2) is 9.38 Å². The summed E-state index contributed by atoms with van der Waals surface area (Å²) in [6.07, 6.45) is 0. The third-order valence-corrected chi connectivity index (χ3v) is 12.7. The third-order valence-electron chi connectivity index (χ3n) is 12.7. The summed E-state index contributed by atoms with van der Waals surface area (Å²) in [5.74, 6) is 1.82. The zero-order valence-electron chi connectivity index (χ0n) is 31.1. The second-order valence-corrected chi connectivity index (χ2v) is 15.9. The Morgan fingerprint density at radius 2 is 0.946 bits per heavy atom. The Kier molecular flexibility index (Phi) is 6.32. The van der Waals surface area contributed by atoms with Crippen LogP contribution in [0.4, 0.5) is 0 Å². The van der Waals surface area contributed by atoms with Crippen LogP contribution in [0.1, 0.15) is 47.2 Å². The van der Waals surface area contributed by atoms with E-state index >= 15 is 0 Å². The Morgan fingerprint density at radius 3 is 1.68 bits per heavy atom. The molecule has 3 heterocycles. The first-order valence-electron chi connectivity index (χ1n) is 19.5. The fraction of sp³-hybridized carbons (Fsp3) is 0.0755. The van der Waals surface area contributed by atoms with Gasteiger partial charge in [0, 0.05) is 27.3 Å². The van der Waals surface area contributed by atoms with E-state index in [1.807, 2.05) is 0 Å². The maximum Gasteiger partial charge on any atom is 0.146 e. The third kappa shape index (κ3) is 4.09. The zero-order chi connectivity index (χ0) is 37.2. The molecule has 0 N–H and O–H groups in total. The molecule has 0 fully saturated rings. The lowest BCUT2D eigenvalue weighted by molar-refractivity contribution is 0.425. The molecule has 10 aromatic rings. The lowest BCUT2D eigenvalue weighted by Gasteiger charge is -2.50. The number of benzene rings is 8. The molecule has 2 aliphatic rings. The maximum atomic E-state index is 6.64. The monoisotopic (exact) mass is 716 g/mol. The molecule has 3 nitrogen and oxygen atoms in total. The van der Waals surface area contributed by atoms with Gasteiger partial charge in [0.1, 0.15) is 17.1 Å². The number of aromatic nitrogens is 2. The smallest absolute Gasteiger partial charge is 0.146 e. The van der Waals surface area contributed by atoms with Gasteiger partial charge in [-0.15, -0.1) is 0 Å². The molecule has 1 spiro atoms. The number of ether oxygens (including phenoxy) is 1. The molecule has 12 rings (SSSR count). The molecule has 1 aliphatic heterocycles. The number of hydrogen-bond donors (Lipinski definition) is 0. The minimum absolute atomic E-state index is 0.199. The van der Waals surface area contributed by atoms with Crippen LogP contribution in [0, 0.1) is 0 Å². The van der Waals surface area contributed by atoms with Crippen molar-refractivity contribution in [2.45, 2.75) is 24.7 Å². The molecule has 2 aromatic heterocycles. The number of imidazole rings is 1. The Balaban J connectivity index is 1.03. The second kappa shape index (κ2) is 11.3. The lowest BCUT2D eigenvalue weighted by atomic mass is 9.53. The average Bonchev–Trinajstić information content (AvgIpc) is 3.65. The second-order valence-electron chi connectivity index (χ2n) is 15.9. The van der Waals surface area contributed by atoms with E-state index in [1.54, 1.807) is 0 Å². The van der Waals surface area contributed by atoms with Crippen molar-refractivity contribution in [3.05, 3.63) is 215 Å². The number of fused-ring (bicyclic) bond motifs is 16. The minimum Gasteiger partial charge on any atom is -0.457 e. The highest BCUT2D eigenvalue weighted by Gasteiger charge is 2.52. The van der Waals surface area contributed by atoms with Crippen molar-refractivity contribution in [1.82, 2.24) is 9.38 Å². The average molecular weight is 717 g/mol. The van der Waals surface area contributed by atoms with E-state index in [-0.39, 0.29) is 5.41 Å². The Morgan fingerprint density at radius 1 is 0.411 bits per heavy atom. The standard InChI is InChI=1S/C53H36N2O/c1-52(2)40-14-4-5-15-42(40)53(43-16-6-11-21-49(43)56-50-22-12-7-17-44(50)53)45-32-36(28-30-41(45)52)34-25-23-33(24-26-34)35-27-29-37-38-13-3-9-19-47(38)55-48-20-10-8-18-46(48)54-51(55)39(37)31-35/h3-32H,1-2H3. The topological polar surface area (TPSA) is 26.5 Å². The van der Waals surface area contributed by atoms with Gasteiger partial charge in [0.2, 0.25) is 0 Å². The first-order chi connectivity index (χ1) is 27.5. The minimum atomic E-state index is -0.541. The number of hydrogen-bond acceptors (Lipinski definition) is 2. The summed E-state index contributed by atoms with van der Waals surface area (Å²) in [6.45, 7) is 4.74. The molecule has 56 heavy (non-hydrogen) atoms. The van der Waals surface area contributed by atoms with Crippen molar-refractivity contribution in [3.63, 3.8) is 0 Å². The SMILES string of the molecule is CC1(C)c2ccccc2C2(c3ccccc3Oc3ccccc32)c2cc(-c3ccc(-c4ccc5c6ccccc6n6c7ccccc7nc6c5c4)cc3)ccc21. The van der Waals surface area contributed by atoms with E-state index in [1.165, 1.54) is 71.9 Å². The van der Waals surface area contributed by atoms with Crippen molar-refractivity contribution in [3.8, 4) is 33.8 Å². The van der Waals surface area contributed by atoms with E-state index < -0.39 is 5.41 Å². The molecule has 0 amide bonds. The summed E-state index contributed by atoms with van der Waals surface area (Å²) in [4.78, 5) is 5.16. The quantitative estimate of drug-likeness (QED) is 0.167. The molecule has 3 heteroatoms. The van der Waals surface area contributed by atoms with Gasteiger partial charge >= 0.3 is 0 Å². The van der Waals surface area contributed by atoms with E-state index in [9.17, 15) is 0 Å². The number of rotatable bonds is 2. The van der Waals surface area contributed by atoms with Crippen molar-refractivity contribution in [1.29, 1.82) is 0 Å². The molecule has 8 aromatic carbocycles. The summed E-state index contributed by atoms with van der Waals surface area (Å²) in [7, 11) is 0. The largest absolute Gasteiger partial charge is 0.457 e. The first-order valence-corrected chi connectivity index (χ1v) is 19.5. The highest BCUT2D eigenvalue weighted by atomic mass is 16.5. The fourth-order valence-electron chi connectivity index (χ4n) is 10.1. The van der Waals surface area contributed by atoms with Crippen molar-refractivity contribution in [2.75, 3.05) is 0 Å².